The van der Waals surface area contributed by atoms with Crippen molar-refractivity contribution in [2.75, 3.05) is 13.6 Å². The van der Waals surface area contributed by atoms with Crippen LogP contribution < -0.4 is 0 Å². The highest BCUT2D eigenvalue weighted by Gasteiger charge is 2.18. The normalized spacial score (nSPS) is 12.0. The van der Waals surface area contributed by atoms with Gasteiger partial charge in [0.2, 0.25) is 0 Å². The summed E-state index contributed by atoms with van der Waals surface area (Å²) in [7, 11) is 1.53. The van der Waals surface area contributed by atoms with Crippen LogP contribution in [0.5, 0.6) is 0 Å². The Morgan fingerprint density at radius 3 is 2.72 bits per heavy atom. The van der Waals surface area contributed by atoms with Gasteiger partial charge in [-0.2, -0.15) is 0 Å². The molecule has 1 aromatic carbocycles. The SMILES string of the molecule is CC(O)CN(C)C(=O)c1ccc(Br)c([N+](=O)[O-])c1. The van der Waals surface area contributed by atoms with Gasteiger partial charge in [0.05, 0.1) is 15.5 Å². The van der Waals surface area contributed by atoms with E-state index in [0.717, 1.165) is 0 Å². The minimum absolute atomic E-state index is 0.161. The molecule has 1 amide bonds. The Morgan fingerprint density at radius 1 is 1.61 bits per heavy atom. The topological polar surface area (TPSA) is 83.7 Å². The Kier molecular flexibility index (Phi) is 4.80. The van der Waals surface area contributed by atoms with Gasteiger partial charge in [0.1, 0.15) is 0 Å². The predicted molar refractivity (Wildman–Crippen MR) is 69.4 cm³/mol. The minimum Gasteiger partial charge on any atom is -0.392 e. The first-order chi connectivity index (χ1) is 8.32. The number of likely N-dealkylation sites (N-methyl/N-ethyl adjacent to an activating group) is 1. The van der Waals surface area contributed by atoms with Gasteiger partial charge in [-0.3, -0.25) is 14.9 Å². The van der Waals surface area contributed by atoms with E-state index in [9.17, 15) is 20.0 Å². The Bertz CT molecular complexity index is 476. The number of carbonyl (C=O) groups excluding carboxylic acids is 1. The maximum atomic E-state index is 11.9. The van der Waals surface area contributed by atoms with Crippen molar-refractivity contribution in [1.29, 1.82) is 0 Å². The molecule has 1 atom stereocenters. The molecule has 98 valence electrons. The van der Waals surface area contributed by atoms with Crippen LogP contribution >= 0.6 is 15.9 Å². The number of rotatable bonds is 4. The van der Waals surface area contributed by atoms with E-state index in [1.54, 1.807) is 6.92 Å². The van der Waals surface area contributed by atoms with E-state index in [0.29, 0.717) is 4.47 Å². The molecule has 0 radical (unpaired) electrons. The highest BCUT2D eigenvalue weighted by Crippen LogP contribution is 2.26. The van der Waals surface area contributed by atoms with Gasteiger partial charge in [-0.1, -0.05) is 0 Å². The molecule has 6 nitrogen and oxygen atoms in total. The first kappa shape index (κ1) is 14.6. The number of hydrogen-bond donors (Lipinski definition) is 1. The number of halogens is 1. The summed E-state index contributed by atoms with van der Waals surface area (Å²) in [6.45, 7) is 1.73. The Balaban J connectivity index is 3.00. The van der Waals surface area contributed by atoms with Crippen LogP contribution in [0.1, 0.15) is 17.3 Å². The molecule has 1 unspecified atom stereocenters. The number of nitro benzene ring substituents is 1. The van der Waals surface area contributed by atoms with Gasteiger partial charge in [0.15, 0.2) is 0 Å². The summed E-state index contributed by atoms with van der Waals surface area (Å²) >= 11 is 3.05. The summed E-state index contributed by atoms with van der Waals surface area (Å²) in [6, 6.07) is 4.17. The van der Waals surface area contributed by atoms with Crippen molar-refractivity contribution in [2.45, 2.75) is 13.0 Å². The summed E-state index contributed by atoms with van der Waals surface area (Å²) < 4.78 is 0.322. The zero-order valence-electron chi connectivity index (χ0n) is 9.96. The lowest BCUT2D eigenvalue weighted by atomic mass is 10.1. The van der Waals surface area contributed by atoms with Crippen molar-refractivity contribution in [3.63, 3.8) is 0 Å². The minimum atomic E-state index is -0.649. The molecule has 0 aromatic heterocycles. The predicted octanol–water partition coefficient (Wildman–Crippen LogP) is 1.81. The zero-order chi connectivity index (χ0) is 13.9. The van der Waals surface area contributed by atoms with Crippen LogP contribution in [-0.2, 0) is 0 Å². The quantitative estimate of drug-likeness (QED) is 0.678. The number of nitrogens with zero attached hydrogens (tertiary/aromatic N) is 2. The van der Waals surface area contributed by atoms with Crippen LogP contribution in [0.4, 0.5) is 5.69 Å². The number of aliphatic hydroxyl groups is 1. The molecule has 1 aromatic rings. The summed E-state index contributed by atoms with van der Waals surface area (Å²) in [4.78, 5) is 23.5. The first-order valence-electron chi connectivity index (χ1n) is 5.20. The molecule has 0 aliphatic heterocycles. The van der Waals surface area contributed by atoms with Crippen LogP contribution in [0.2, 0.25) is 0 Å². The fourth-order valence-electron chi connectivity index (χ4n) is 1.49. The lowest BCUT2D eigenvalue weighted by Gasteiger charge is -2.18. The smallest absolute Gasteiger partial charge is 0.284 e. The van der Waals surface area contributed by atoms with E-state index >= 15 is 0 Å². The van der Waals surface area contributed by atoms with E-state index in [2.05, 4.69) is 15.9 Å². The van der Waals surface area contributed by atoms with Crippen LogP contribution in [0.25, 0.3) is 0 Å². The van der Waals surface area contributed by atoms with Gasteiger partial charge in [-0.05, 0) is 35.0 Å². The molecular weight excluding hydrogens is 304 g/mol. The molecule has 1 rings (SSSR count). The average molecular weight is 317 g/mol. The highest BCUT2D eigenvalue weighted by molar-refractivity contribution is 9.10. The van der Waals surface area contributed by atoms with Crippen LogP contribution in [0.3, 0.4) is 0 Å². The summed E-state index contributed by atoms with van der Waals surface area (Å²) in [6.07, 6.45) is -0.649. The van der Waals surface area contributed by atoms with Gasteiger partial charge in [0.25, 0.3) is 11.6 Å². The maximum Gasteiger partial charge on any atom is 0.284 e. The summed E-state index contributed by atoms with van der Waals surface area (Å²) in [5.74, 6) is -0.369. The third kappa shape index (κ3) is 3.51. The number of carbonyl (C=O) groups is 1. The average Bonchev–Trinajstić information content (AvgIpc) is 2.27. The summed E-state index contributed by atoms with van der Waals surface area (Å²) in [5, 5.41) is 20.0. The molecule has 1 N–H and O–H groups in total. The van der Waals surface area contributed by atoms with Gasteiger partial charge in [-0.15, -0.1) is 0 Å². The third-order valence-electron chi connectivity index (χ3n) is 2.27. The molecule has 7 heteroatoms. The molecular formula is C11H13BrN2O4. The molecule has 0 fully saturated rings. The Morgan fingerprint density at radius 2 is 2.22 bits per heavy atom. The van der Waals surface area contributed by atoms with Gasteiger partial charge in [0, 0.05) is 25.2 Å². The van der Waals surface area contributed by atoms with Gasteiger partial charge >= 0.3 is 0 Å². The van der Waals surface area contributed by atoms with E-state index in [1.807, 2.05) is 0 Å². The Hall–Kier alpha value is -1.47. The highest BCUT2D eigenvalue weighted by atomic mass is 79.9. The first-order valence-corrected chi connectivity index (χ1v) is 5.99. The van der Waals surface area contributed by atoms with Crippen molar-refractivity contribution >= 4 is 27.5 Å². The van der Waals surface area contributed by atoms with Crippen LogP contribution in [0, 0.1) is 10.1 Å². The number of hydrogen-bond acceptors (Lipinski definition) is 4. The van der Waals surface area contributed by atoms with Gasteiger partial charge in [-0.25, -0.2) is 0 Å². The lowest BCUT2D eigenvalue weighted by Crippen LogP contribution is -2.33. The third-order valence-corrected chi connectivity index (χ3v) is 2.95. The van der Waals surface area contributed by atoms with Crippen molar-refractivity contribution < 1.29 is 14.8 Å². The molecule has 0 saturated carbocycles. The summed E-state index contributed by atoms with van der Waals surface area (Å²) in [5.41, 5.74) is 0.0550. The second-order valence-electron chi connectivity index (χ2n) is 3.96. The molecule has 0 aliphatic rings. The molecule has 18 heavy (non-hydrogen) atoms. The fraction of sp³-hybridized carbons (Fsp3) is 0.364. The largest absolute Gasteiger partial charge is 0.392 e. The fourth-order valence-corrected chi connectivity index (χ4v) is 1.88. The van der Waals surface area contributed by atoms with E-state index in [1.165, 1.54) is 30.1 Å². The molecule has 0 spiro atoms. The van der Waals surface area contributed by atoms with Crippen molar-refractivity contribution in [3.05, 3.63) is 38.3 Å². The lowest BCUT2D eigenvalue weighted by molar-refractivity contribution is -0.385. The van der Waals surface area contributed by atoms with Gasteiger partial charge < -0.3 is 10.0 Å². The number of amides is 1. The maximum absolute atomic E-state index is 11.9. The second-order valence-corrected chi connectivity index (χ2v) is 4.81. The Labute approximate surface area is 112 Å². The monoisotopic (exact) mass is 316 g/mol. The van der Waals surface area contributed by atoms with Crippen molar-refractivity contribution in [1.82, 2.24) is 4.90 Å². The molecule has 0 heterocycles. The second kappa shape index (κ2) is 5.92. The number of aliphatic hydroxyl groups excluding tert-OH is 1. The molecule has 0 aliphatic carbocycles. The van der Waals surface area contributed by atoms with E-state index < -0.39 is 11.0 Å². The van der Waals surface area contributed by atoms with Crippen LogP contribution in [0.15, 0.2) is 22.7 Å². The van der Waals surface area contributed by atoms with Crippen LogP contribution in [-0.4, -0.2) is 40.5 Å². The molecule has 0 saturated heterocycles. The van der Waals surface area contributed by atoms with E-state index in [-0.39, 0.29) is 23.7 Å². The van der Waals surface area contributed by atoms with E-state index in [4.69, 9.17) is 0 Å². The number of nitro groups is 1. The zero-order valence-corrected chi connectivity index (χ0v) is 11.5. The number of benzene rings is 1. The standard InChI is InChI=1S/C11H13BrN2O4/c1-7(15)6-13(2)11(16)8-3-4-9(12)10(5-8)14(17)18/h3-5,7,15H,6H2,1-2H3. The van der Waals surface area contributed by atoms with Crippen molar-refractivity contribution in [2.24, 2.45) is 0 Å². The molecule has 0 bridgehead atoms. The van der Waals surface area contributed by atoms with Crippen molar-refractivity contribution in [3.8, 4) is 0 Å².